The molecular formula is C13H14F4N2OS. The molecule has 3 N–H and O–H groups in total. The molecule has 0 heterocycles. The van der Waals surface area contributed by atoms with Crippen LogP contribution in [0.15, 0.2) is 18.2 Å². The average Bonchev–Trinajstić information content (AvgIpc) is 2.33. The first-order valence-electron chi connectivity index (χ1n) is 6.01. The van der Waals surface area contributed by atoms with E-state index < -0.39 is 35.1 Å². The number of rotatable bonds is 4. The van der Waals surface area contributed by atoms with Crippen molar-refractivity contribution < 1.29 is 22.4 Å². The SMILES string of the molecule is CC(C)C(NC(=O)c1cc(C(F)(F)F)ccc1F)C(N)=S. The van der Waals surface area contributed by atoms with Gasteiger partial charge in [0.2, 0.25) is 0 Å². The Hall–Kier alpha value is -1.70. The summed E-state index contributed by atoms with van der Waals surface area (Å²) >= 11 is 4.77. The molecule has 1 aromatic carbocycles. The quantitative estimate of drug-likeness (QED) is 0.662. The molecule has 1 rings (SSSR count). The zero-order chi connectivity index (χ0) is 16.4. The van der Waals surface area contributed by atoms with Gasteiger partial charge in [-0.1, -0.05) is 26.1 Å². The highest BCUT2D eigenvalue weighted by Gasteiger charge is 2.32. The zero-order valence-electron chi connectivity index (χ0n) is 11.3. The van der Waals surface area contributed by atoms with E-state index in [1.165, 1.54) is 0 Å². The minimum atomic E-state index is -4.66. The predicted molar refractivity (Wildman–Crippen MR) is 74.3 cm³/mol. The standard InChI is InChI=1S/C13H14F4N2OS/c1-6(2)10(11(18)21)19-12(20)8-5-7(13(15,16)17)3-4-9(8)14/h3-6,10H,1-2H3,(H2,18,21)(H,19,20). The molecule has 21 heavy (non-hydrogen) atoms. The Labute approximate surface area is 124 Å². The van der Waals surface area contributed by atoms with Gasteiger partial charge in [-0.05, 0) is 24.1 Å². The summed E-state index contributed by atoms with van der Waals surface area (Å²) in [5.41, 5.74) is 3.64. The maximum atomic E-state index is 13.6. The van der Waals surface area contributed by atoms with Gasteiger partial charge in [-0.3, -0.25) is 4.79 Å². The van der Waals surface area contributed by atoms with E-state index in [0.29, 0.717) is 18.2 Å². The second kappa shape index (κ2) is 6.38. The second-order valence-electron chi connectivity index (χ2n) is 4.79. The Kier molecular flexibility index (Phi) is 5.27. The number of nitrogens with two attached hydrogens (primary N) is 1. The fraction of sp³-hybridized carbons (Fsp3) is 0.385. The van der Waals surface area contributed by atoms with Crippen molar-refractivity contribution in [3.8, 4) is 0 Å². The van der Waals surface area contributed by atoms with E-state index in [4.69, 9.17) is 18.0 Å². The summed E-state index contributed by atoms with van der Waals surface area (Å²) < 4.78 is 51.3. The number of carbonyl (C=O) groups is 1. The molecule has 1 aromatic rings. The summed E-state index contributed by atoms with van der Waals surface area (Å²) in [4.78, 5) is 11.9. The minimum Gasteiger partial charge on any atom is -0.392 e. The number of nitrogens with one attached hydrogen (secondary N) is 1. The van der Waals surface area contributed by atoms with Crippen LogP contribution in [-0.2, 0) is 6.18 Å². The van der Waals surface area contributed by atoms with Gasteiger partial charge in [-0.15, -0.1) is 0 Å². The van der Waals surface area contributed by atoms with Crippen LogP contribution in [0.5, 0.6) is 0 Å². The van der Waals surface area contributed by atoms with Crippen LogP contribution in [0.25, 0.3) is 0 Å². The van der Waals surface area contributed by atoms with Crippen LogP contribution in [0.4, 0.5) is 17.6 Å². The maximum absolute atomic E-state index is 13.6. The van der Waals surface area contributed by atoms with Gasteiger partial charge in [0.15, 0.2) is 0 Å². The molecule has 0 aliphatic heterocycles. The molecule has 0 spiro atoms. The number of hydrogen-bond donors (Lipinski definition) is 2. The molecule has 0 bridgehead atoms. The van der Waals surface area contributed by atoms with Crippen molar-refractivity contribution in [2.75, 3.05) is 0 Å². The first-order valence-corrected chi connectivity index (χ1v) is 6.41. The summed E-state index contributed by atoms with van der Waals surface area (Å²) in [6, 6.07) is 0.894. The zero-order valence-corrected chi connectivity index (χ0v) is 12.1. The predicted octanol–water partition coefficient (Wildman–Crippen LogP) is 2.89. The van der Waals surface area contributed by atoms with Crippen LogP contribution in [-0.4, -0.2) is 16.9 Å². The molecule has 0 radical (unpaired) electrons. The highest BCUT2D eigenvalue weighted by molar-refractivity contribution is 7.80. The molecule has 8 heteroatoms. The number of amides is 1. The van der Waals surface area contributed by atoms with Gasteiger partial charge in [0.25, 0.3) is 5.91 Å². The van der Waals surface area contributed by atoms with Crippen molar-refractivity contribution in [2.45, 2.75) is 26.1 Å². The van der Waals surface area contributed by atoms with Gasteiger partial charge in [0.1, 0.15) is 5.82 Å². The monoisotopic (exact) mass is 322 g/mol. The molecule has 1 unspecified atom stereocenters. The van der Waals surface area contributed by atoms with E-state index in [1.807, 2.05) is 0 Å². The van der Waals surface area contributed by atoms with E-state index in [9.17, 15) is 22.4 Å². The Bertz CT molecular complexity index is 558. The molecular weight excluding hydrogens is 308 g/mol. The lowest BCUT2D eigenvalue weighted by Crippen LogP contribution is -2.47. The Balaban J connectivity index is 3.10. The minimum absolute atomic E-state index is 0.0225. The fourth-order valence-electron chi connectivity index (χ4n) is 1.66. The van der Waals surface area contributed by atoms with Crippen molar-refractivity contribution in [3.63, 3.8) is 0 Å². The summed E-state index contributed by atoms with van der Waals surface area (Å²) in [7, 11) is 0. The van der Waals surface area contributed by atoms with Gasteiger partial charge >= 0.3 is 6.18 Å². The average molecular weight is 322 g/mol. The third-order valence-corrected chi connectivity index (χ3v) is 3.05. The van der Waals surface area contributed by atoms with E-state index in [2.05, 4.69) is 5.32 Å². The van der Waals surface area contributed by atoms with Crippen LogP contribution in [0.1, 0.15) is 29.8 Å². The van der Waals surface area contributed by atoms with Crippen LogP contribution in [0, 0.1) is 11.7 Å². The van der Waals surface area contributed by atoms with Crippen molar-refractivity contribution in [1.29, 1.82) is 0 Å². The number of thiocarbonyl (C=S) groups is 1. The number of halogens is 4. The van der Waals surface area contributed by atoms with Crippen molar-refractivity contribution in [2.24, 2.45) is 11.7 Å². The van der Waals surface area contributed by atoms with E-state index in [0.717, 1.165) is 0 Å². The lowest BCUT2D eigenvalue weighted by molar-refractivity contribution is -0.137. The normalized spacial score (nSPS) is 13.1. The summed E-state index contributed by atoms with van der Waals surface area (Å²) in [5, 5.41) is 2.34. The Morgan fingerprint density at radius 2 is 1.90 bits per heavy atom. The molecule has 1 amide bonds. The highest BCUT2D eigenvalue weighted by Crippen LogP contribution is 2.30. The maximum Gasteiger partial charge on any atom is 0.416 e. The fourth-order valence-corrected chi connectivity index (χ4v) is 1.99. The summed E-state index contributed by atoms with van der Waals surface area (Å²) in [6.45, 7) is 3.43. The van der Waals surface area contributed by atoms with Gasteiger partial charge in [0.05, 0.1) is 22.2 Å². The molecule has 0 saturated heterocycles. The van der Waals surface area contributed by atoms with Crippen LogP contribution in [0.2, 0.25) is 0 Å². The number of hydrogen-bond acceptors (Lipinski definition) is 2. The van der Waals surface area contributed by atoms with Gasteiger partial charge in [-0.25, -0.2) is 4.39 Å². The van der Waals surface area contributed by atoms with Crippen LogP contribution >= 0.6 is 12.2 Å². The van der Waals surface area contributed by atoms with Gasteiger partial charge in [-0.2, -0.15) is 13.2 Å². The molecule has 0 fully saturated rings. The summed E-state index contributed by atoms with van der Waals surface area (Å²) in [6.07, 6.45) is -4.66. The molecule has 0 aliphatic rings. The Morgan fingerprint density at radius 3 is 2.33 bits per heavy atom. The number of carbonyl (C=O) groups excluding carboxylic acids is 1. The molecule has 116 valence electrons. The first kappa shape index (κ1) is 17.4. The van der Waals surface area contributed by atoms with Crippen LogP contribution < -0.4 is 11.1 Å². The molecule has 1 atom stereocenters. The lowest BCUT2D eigenvalue weighted by atomic mass is 10.0. The lowest BCUT2D eigenvalue weighted by Gasteiger charge is -2.21. The van der Waals surface area contributed by atoms with E-state index in [-0.39, 0.29) is 10.9 Å². The van der Waals surface area contributed by atoms with Crippen molar-refractivity contribution >= 4 is 23.1 Å². The molecule has 0 aliphatic carbocycles. The van der Waals surface area contributed by atoms with Crippen molar-refractivity contribution in [3.05, 3.63) is 35.1 Å². The number of alkyl halides is 3. The van der Waals surface area contributed by atoms with Crippen LogP contribution in [0.3, 0.4) is 0 Å². The molecule has 3 nitrogen and oxygen atoms in total. The molecule has 0 aromatic heterocycles. The summed E-state index contributed by atoms with van der Waals surface area (Å²) in [5.74, 6) is -2.23. The number of benzene rings is 1. The molecule has 0 saturated carbocycles. The second-order valence-corrected chi connectivity index (χ2v) is 5.26. The first-order chi connectivity index (χ1) is 9.54. The smallest absolute Gasteiger partial charge is 0.392 e. The van der Waals surface area contributed by atoms with E-state index >= 15 is 0 Å². The van der Waals surface area contributed by atoms with Gasteiger partial charge < -0.3 is 11.1 Å². The topological polar surface area (TPSA) is 55.1 Å². The van der Waals surface area contributed by atoms with Gasteiger partial charge in [0, 0.05) is 0 Å². The largest absolute Gasteiger partial charge is 0.416 e. The highest BCUT2D eigenvalue weighted by atomic mass is 32.1. The third-order valence-electron chi connectivity index (χ3n) is 2.80. The third kappa shape index (κ3) is 4.38. The van der Waals surface area contributed by atoms with Crippen molar-refractivity contribution in [1.82, 2.24) is 5.32 Å². The Morgan fingerprint density at radius 1 is 1.33 bits per heavy atom. The van der Waals surface area contributed by atoms with E-state index in [1.54, 1.807) is 13.8 Å².